The first kappa shape index (κ1) is 23.4. The summed E-state index contributed by atoms with van der Waals surface area (Å²) in [6, 6.07) is 5.49. The van der Waals surface area contributed by atoms with E-state index in [0.29, 0.717) is 17.1 Å². The Hall–Kier alpha value is -1.77. The van der Waals surface area contributed by atoms with E-state index in [1.54, 1.807) is 47.9 Å². The van der Waals surface area contributed by atoms with Crippen LogP contribution in [-0.2, 0) is 19.1 Å². The average Bonchev–Trinajstić information content (AvgIpc) is 3.38. The standard InChI is InChI=1S/C23H29ClN2O5S/c1-4-31-22(30)17-16-9-10-23(32-16)18(17)21(29)26(15(11-27)12(2)3)19(23)20(28)25-14-7-5-13(24)6-8-14/h5-8,12,15-19,27H,4,9-11H2,1-3H3,(H,25,28)/t15-,16+,17-,18-,19?,23?/m0/s1. The summed E-state index contributed by atoms with van der Waals surface area (Å²) in [6.07, 6.45) is 1.42. The quantitative estimate of drug-likeness (QED) is 0.582. The summed E-state index contributed by atoms with van der Waals surface area (Å²) in [4.78, 5) is 41.9. The van der Waals surface area contributed by atoms with Gasteiger partial charge >= 0.3 is 5.97 Å². The summed E-state index contributed by atoms with van der Waals surface area (Å²) in [7, 11) is 0. The van der Waals surface area contributed by atoms with Gasteiger partial charge in [-0.05, 0) is 49.9 Å². The van der Waals surface area contributed by atoms with Crippen molar-refractivity contribution in [3.05, 3.63) is 29.3 Å². The smallest absolute Gasteiger partial charge is 0.310 e. The lowest BCUT2D eigenvalue weighted by atomic mass is 9.71. The molecule has 0 aromatic heterocycles. The van der Waals surface area contributed by atoms with Gasteiger partial charge in [0.2, 0.25) is 11.8 Å². The molecular formula is C23H29ClN2O5S. The van der Waals surface area contributed by atoms with Crippen molar-refractivity contribution >= 4 is 46.8 Å². The van der Waals surface area contributed by atoms with Gasteiger partial charge in [-0.25, -0.2) is 0 Å². The highest BCUT2D eigenvalue weighted by Crippen LogP contribution is 2.67. The van der Waals surface area contributed by atoms with Crippen LogP contribution in [0.4, 0.5) is 5.69 Å². The van der Waals surface area contributed by atoms with Crippen LogP contribution >= 0.6 is 23.4 Å². The molecule has 174 valence electrons. The Balaban J connectivity index is 1.74. The first-order valence-electron chi connectivity index (χ1n) is 11.1. The molecule has 32 heavy (non-hydrogen) atoms. The fourth-order valence-corrected chi connectivity index (χ4v) is 7.94. The van der Waals surface area contributed by atoms with Gasteiger partial charge in [0.05, 0.1) is 35.8 Å². The van der Waals surface area contributed by atoms with Crippen molar-refractivity contribution in [2.24, 2.45) is 17.8 Å². The molecule has 3 saturated heterocycles. The summed E-state index contributed by atoms with van der Waals surface area (Å²) < 4.78 is 4.61. The van der Waals surface area contributed by atoms with Gasteiger partial charge < -0.3 is 20.1 Å². The largest absolute Gasteiger partial charge is 0.466 e. The van der Waals surface area contributed by atoms with Crippen LogP contribution in [0.1, 0.15) is 33.6 Å². The van der Waals surface area contributed by atoms with Gasteiger partial charge in [0.15, 0.2) is 0 Å². The van der Waals surface area contributed by atoms with E-state index >= 15 is 0 Å². The number of amides is 2. The number of halogens is 1. The number of anilines is 1. The molecule has 1 aromatic carbocycles. The average molecular weight is 481 g/mol. The molecule has 3 fully saturated rings. The summed E-state index contributed by atoms with van der Waals surface area (Å²) >= 11 is 7.55. The van der Waals surface area contributed by atoms with Gasteiger partial charge in [-0.3, -0.25) is 14.4 Å². The second kappa shape index (κ2) is 8.88. The Morgan fingerprint density at radius 3 is 2.62 bits per heavy atom. The Morgan fingerprint density at radius 2 is 2.03 bits per heavy atom. The van der Waals surface area contributed by atoms with Crippen LogP contribution in [0.3, 0.4) is 0 Å². The molecule has 0 radical (unpaired) electrons. The monoisotopic (exact) mass is 480 g/mol. The van der Waals surface area contributed by atoms with Gasteiger partial charge in [0.1, 0.15) is 6.04 Å². The van der Waals surface area contributed by atoms with E-state index in [4.69, 9.17) is 16.3 Å². The van der Waals surface area contributed by atoms with Gasteiger partial charge in [-0.2, -0.15) is 0 Å². The van der Waals surface area contributed by atoms with Crippen molar-refractivity contribution in [2.75, 3.05) is 18.5 Å². The molecule has 1 aromatic rings. The third kappa shape index (κ3) is 3.60. The van der Waals surface area contributed by atoms with Crippen LogP contribution in [0.5, 0.6) is 0 Å². The minimum atomic E-state index is -0.787. The van der Waals surface area contributed by atoms with E-state index in [1.165, 1.54) is 0 Å². The van der Waals surface area contributed by atoms with Crippen LogP contribution in [0, 0.1) is 17.8 Å². The molecule has 0 aliphatic carbocycles. The number of hydrogen-bond donors (Lipinski definition) is 2. The number of nitrogens with one attached hydrogen (secondary N) is 1. The summed E-state index contributed by atoms with van der Waals surface area (Å²) in [5.41, 5.74) is 0.580. The number of aliphatic hydroxyl groups excluding tert-OH is 1. The summed E-state index contributed by atoms with van der Waals surface area (Å²) in [5.74, 6) is -2.16. The zero-order valence-electron chi connectivity index (χ0n) is 18.4. The number of esters is 1. The molecule has 7 nitrogen and oxygen atoms in total. The summed E-state index contributed by atoms with van der Waals surface area (Å²) in [6.45, 7) is 5.58. The number of thioether (sulfide) groups is 1. The van der Waals surface area contributed by atoms with E-state index in [0.717, 1.165) is 6.42 Å². The molecule has 2 unspecified atom stereocenters. The highest BCUT2D eigenvalue weighted by atomic mass is 35.5. The Morgan fingerprint density at radius 1 is 1.34 bits per heavy atom. The van der Waals surface area contributed by atoms with Crippen molar-refractivity contribution in [1.82, 2.24) is 4.90 Å². The second-order valence-electron chi connectivity index (χ2n) is 9.04. The molecule has 1 spiro atoms. The minimum Gasteiger partial charge on any atom is -0.466 e. The number of likely N-dealkylation sites (tertiary alicyclic amines) is 1. The zero-order valence-corrected chi connectivity index (χ0v) is 20.0. The maximum atomic E-state index is 13.8. The van der Waals surface area contributed by atoms with Gasteiger partial charge in [0.25, 0.3) is 0 Å². The molecule has 3 aliphatic heterocycles. The lowest BCUT2D eigenvalue weighted by molar-refractivity contribution is -0.154. The molecule has 4 rings (SSSR count). The lowest BCUT2D eigenvalue weighted by Gasteiger charge is -2.38. The molecule has 2 N–H and O–H groups in total. The lowest BCUT2D eigenvalue weighted by Crippen LogP contribution is -2.56. The van der Waals surface area contributed by atoms with Crippen LogP contribution in [0.2, 0.25) is 5.02 Å². The first-order chi connectivity index (χ1) is 15.2. The number of hydrogen-bond acceptors (Lipinski definition) is 6. The van der Waals surface area contributed by atoms with E-state index in [9.17, 15) is 19.5 Å². The molecule has 3 heterocycles. The number of carbonyl (C=O) groups is 3. The number of ether oxygens (including phenoxy) is 1. The van der Waals surface area contributed by atoms with Gasteiger partial charge in [-0.1, -0.05) is 25.4 Å². The fourth-order valence-electron chi connectivity index (χ4n) is 5.62. The van der Waals surface area contributed by atoms with Crippen molar-refractivity contribution in [3.8, 4) is 0 Å². The molecule has 2 amide bonds. The highest BCUT2D eigenvalue weighted by molar-refractivity contribution is 8.02. The Labute approximate surface area is 197 Å². The predicted octanol–water partition coefficient (Wildman–Crippen LogP) is 2.95. The van der Waals surface area contributed by atoms with E-state index in [-0.39, 0.29) is 42.2 Å². The first-order valence-corrected chi connectivity index (χ1v) is 12.3. The molecular weight excluding hydrogens is 452 g/mol. The SMILES string of the molecule is CCOC(=O)[C@@H]1[C@H]2C(=O)N([C@@H](CO)C(C)C)C(C(=O)Nc3ccc(Cl)cc3)C23CC[C@H]1S3. The Kier molecular flexibility index (Phi) is 6.49. The fraction of sp³-hybridized carbons (Fsp3) is 0.609. The van der Waals surface area contributed by atoms with E-state index < -0.39 is 28.7 Å². The van der Waals surface area contributed by atoms with E-state index in [1.807, 2.05) is 13.8 Å². The third-order valence-corrected chi connectivity index (χ3v) is 9.17. The van der Waals surface area contributed by atoms with Crippen LogP contribution < -0.4 is 5.32 Å². The van der Waals surface area contributed by atoms with Crippen molar-refractivity contribution in [3.63, 3.8) is 0 Å². The number of nitrogens with zero attached hydrogens (tertiary/aromatic N) is 1. The van der Waals surface area contributed by atoms with Gasteiger partial charge in [-0.15, -0.1) is 11.8 Å². The maximum absolute atomic E-state index is 13.8. The number of fused-ring (bicyclic) bond motifs is 1. The van der Waals surface area contributed by atoms with Gasteiger partial charge in [0, 0.05) is 16.0 Å². The van der Waals surface area contributed by atoms with Crippen LogP contribution in [0.25, 0.3) is 0 Å². The number of aliphatic hydroxyl groups is 1. The molecule has 0 saturated carbocycles. The second-order valence-corrected chi connectivity index (χ2v) is 11.1. The number of rotatable bonds is 7. The van der Waals surface area contributed by atoms with Crippen molar-refractivity contribution in [1.29, 1.82) is 0 Å². The Bertz CT molecular complexity index is 910. The third-order valence-electron chi connectivity index (χ3n) is 6.97. The molecule has 9 heteroatoms. The molecule has 6 atom stereocenters. The normalized spacial score (nSPS) is 31.7. The zero-order chi connectivity index (χ0) is 23.2. The van der Waals surface area contributed by atoms with Crippen molar-refractivity contribution < 1.29 is 24.2 Å². The van der Waals surface area contributed by atoms with Crippen LogP contribution in [0.15, 0.2) is 24.3 Å². The highest BCUT2D eigenvalue weighted by Gasteiger charge is 2.74. The summed E-state index contributed by atoms with van der Waals surface area (Å²) in [5, 5.41) is 13.6. The molecule has 3 aliphatic rings. The predicted molar refractivity (Wildman–Crippen MR) is 123 cm³/mol. The number of carbonyl (C=O) groups excluding carboxylic acids is 3. The minimum absolute atomic E-state index is 0.0393. The van der Waals surface area contributed by atoms with E-state index in [2.05, 4.69) is 5.32 Å². The topological polar surface area (TPSA) is 95.9 Å². The van der Waals surface area contributed by atoms with Crippen molar-refractivity contribution in [2.45, 2.75) is 55.7 Å². The van der Waals surface area contributed by atoms with Crippen LogP contribution in [-0.4, -0.2) is 63.1 Å². The molecule has 2 bridgehead atoms. The maximum Gasteiger partial charge on any atom is 0.310 e. The number of benzene rings is 1.